The van der Waals surface area contributed by atoms with Crippen molar-refractivity contribution >= 4 is 46.0 Å². The molecule has 5 nitrogen and oxygen atoms in total. The van der Waals surface area contributed by atoms with Crippen LogP contribution in [-0.2, 0) is 22.6 Å². The molecular weight excluding hydrogens is 454 g/mol. The summed E-state index contributed by atoms with van der Waals surface area (Å²) in [5, 5.41) is 3.68. The van der Waals surface area contributed by atoms with E-state index < -0.39 is 5.25 Å². The molecule has 1 N–H and O–H groups in total. The smallest absolute Gasteiger partial charge is 0.242 e. The lowest BCUT2D eigenvalue weighted by Crippen LogP contribution is -2.34. The van der Waals surface area contributed by atoms with Gasteiger partial charge in [0.05, 0.1) is 12.2 Å². The number of benzene rings is 3. The number of halogens is 1. The maximum Gasteiger partial charge on any atom is 0.242 e. The molecule has 2 amide bonds. The molecule has 1 heterocycles. The number of aliphatic imine (C=N–C) groups is 1. The summed E-state index contributed by atoms with van der Waals surface area (Å²) in [5.74, 6) is -0.243. The van der Waals surface area contributed by atoms with Crippen LogP contribution in [0.1, 0.15) is 17.5 Å². The lowest BCUT2D eigenvalue weighted by Gasteiger charge is -2.16. The van der Waals surface area contributed by atoms with Gasteiger partial charge in [0, 0.05) is 18.0 Å². The Labute approximate surface area is 202 Å². The Morgan fingerprint density at radius 2 is 1.61 bits per heavy atom. The lowest BCUT2D eigenvalue weighted by atomic mass is 10.1. The van der Waals surface area contributed by atoms with Crippen LogP contribution in [0.2, 0.25) is 5.02 Å². The van der Waals surface area contributed by atoms with E-state index in [1.165, 1.54) is 11.8 Å². The van der Waals surface area contributed by atoms with E-state index in [9.17, 15) is 9.59 Å². The second-order valence-corrected chi connectivity index (χ2v) is 9.28. The summed E-state index contributed by atoms with van der Waals surface area (Å²) in [6.45, 7) is 0.911. The quantitative estimate of drug-likeness (QED) is 0.483. The van der Waals surface area contributed by atoms with Gasteiger partial charge >= 0.3 is 0 Å². The van der Waals surface area contributed by atoms with Crippen molar-refractivity contribution in [2.24, 2.45) is 4.99 Å². The Bertz CT molecular complexity index is 1120. The molecule has 0 radical (unpaired) electrons. The molecule has 1 fully saturated rings. The predicted molar refractivity (Wildman–Crippen MR) is 135 cm³/mol. The summed E-state index contributed by atoms with van der Waals surface area (Å²) in [7, 11) is 0. The maximum absolute atomic E-state index is 13.2. The van der Waals surface area contributed by atoms with Gasteiger partial charge in [-0.25, -0.2) is 4.99 Å². The first-order valence-corrected chi connectivity index (χ1v) is 12.0. The molecule has 0 saturated carbocycles. The minimum atomic E-state index is -0.503. The monoisotopic (exact) mass is 477 g/mol. The van der Waals surface area contributed by atoms with Gasteiger partial charge in [0.15, 0.2) is 5.17 Å². The van der Waals surface area contributed by atoms with Crippen LogP contribution < -0.4 is 5.32 Å². The number of carbonyl (C=O) groups excluding carboxylic acids is 2. The topological polar surface area (TPSA) is 61.8 Å². The zero-order chi connectivity index (χ0) is 23.0. The number of nitrogens with one attached hydrogen (secondary N) is 1. The van der Waals surface area contributed by atoms with E-state index in [-0.39, 0.29) is 18.2 Å². The van der Waals surface area contributed by atoms with Crippen LogP contribution in [0.15, 0.2) is 89.9 Å². The van der Waals surface area contributed by atoms with Gasteiger partial charge in [-0.3, -0.25) is 14.5 Å². The van der Waals surface area contributed by atoms with Gasteiger partial charge in [0.1, 0.15) is 5.25 Å². The Hall–Kier alpha value is -3.09. The van der Waals surface area contributed by atoms with E-state index in [1.807, 2.05) is 72.8 Å². The number of hydrogen-bond acceptors (Lipinski definition) is 4. The van der Waals surface area contributed by atoms with Crippen molar-refractivity contribution in [2.75, 3.05) is 6.54 Å². The number of rotatable bonds is 8. The van der Waals surface area contributed by atoms with Gasteiger partial charge in [-0.05, 0) is 41.8 Å². The van der Waals surface area contributed by atoms with Crippen molar-refractivity contribution in [3.05, 3.63) is 101 Å². The van der Waals surface area contributed by atoms with Gasteiger partial charge in [-0.1, -0.05) is 84.0 Å². The van der Waals surface area contributed by atoms with Crippen molar-refractivity contribution in [3.63, 3.8) is 0 Å². The molecule has 3 aromatic rings. The summed E-state index contributed by atoms with van der Waals surface area (Å²) in [6.07, 6.45) is 0.866. The molecule has 0 aromatic heterocycles. The molecule has 1 aliphatic rings. The molecule has 7 heteroatoms. The summed E-state index contributed by atoms with van der Waals surface area (Å²) < 4.78 is 0. The van der Waals surface area contributed by atoms with Crippen LogP contribution in [0.4, 0.5) is 5.69 Å². The molecule has 1 aliphatic heterocycles. The third kappa shape index (κ3) is 6.46. The molecule has 33 heavy (non-hydrogen) atoms. The van der Waals surface area contributed by atoms with E-state index >= 15 is 0 Å². The van der Waals surface area contributed by atoms with Crippen LogP contribution >= 0.6 is 23.4 Å². The molecule has 168 valence electrons. The maximum atomic E-state index is 13.2. The first-order valence-electron chi connectivity index (χ1n) is 10.8. The number of amidine groups is 1. The largest absolute Gasteiger partial charge is 0.356 e. The van der Waals surface area contributed by atoms with Crippen LogP contribution in [0.5, 0.6) is 0 Å². The Morgan fingerprint density at radius 3 is 2.30 bits per heavy atom. The average molecular weight is 478 g/mol. The minimum absolute atomic E-state index is 0.108. The zero-order valence-corrected chi connectivity index (χ0v) is 19.6. The number of thioether (sulfide) groups is 1. The molecule has 4 rings (SSSR count). The first kappa shape index (κ1) is 23.1. The Morgan fingerprint density at radius 1 is 0.939 bits per heavy atom. The zero-order valence-electron chi connectivity index (χ0n) is 18.0. The molecule has 0 bridgehead atoms. The molecule has 1 atom stereocenters. The van der Waals surface area contributed by atoms with Crippen LogP contribution in [0.3, 0.4) is 0 Å². The van der Waals surface area contributed by atoms with Crippen molar-refractivity contribution in [2.45, 2.75) is 24.6 Å². The number of carbonyl (C=O) groups is 2. The van der Waals surface area contributed by atoms with Gasteiger partial charge in [-0.2, -0.15) is 0 Å². The highest BCUT2D eigenvalue weighted by Crippen LogP contribution is 2.33. The third-order valence-electron chi connectivity index (χ3n) is 5.20. The summed E-state index contributed by atoms with van der Waals surface area (Å²) >= 11 is 7.34. The van der Waals surface area contributed by atoms with Crippen LogP contribution in [0.25, 0.3) is 0 Å². The van der Waals surface area contributed by atoms with Gasteiger partial charge < -0.3 is 5.32 Å². The van der Waals surface area contributed by atoms with E-state index in [1.54, 1.807) is 17.0 Å². The second-order valence-electron chi connectivity index (χ2n) is 7.68. The van der Waals surface area contributed by atoms with Crippen molar-refractivity contribution in [1.29, 1.82) is 0 Å². The van der Waals surface area contributed by atoms with Crippen molar-refractivity contribution < 1.29 is 9.59 Å². The number of hydrogen-bond donors (Lipinski definition) is 1. The van der Waals surface area contributed by atoms with E-state index in [2.05, 4.69) is 10.3 Å². The molecular formula is C26H24ClN3O2S. The predicted octanol–water partition coefficient (Wildman–Crippen LogP) is 5.22. The molecule has 0 spiro atoms. The fraction of sp³-hybridized carbons (Fsp3) is 0.192. The van der Waals surface area contributed by atoms with Gasteiger partial charge in [0.2, 0.25) is 11.8 Å². The van der Waals surface area contributed by atoms with E-state index in [0.717, 1.165) is 23.2 Å². The Kier molecular flexibility index (Phi) is 7.81. The molecule has 0 unspecified atom stereocenters. The minimum Gasteiger partial charge on any atom is -0.356 e. The second kappa shape index (κ2) is 11.2. The van der Waals surface area contributed by atoms with Crippen LogP contribution in [0, 0.1) is 0 Å². The molecule has 1 saturated heterocycles. The van der Waals surface area contributed by atoms with E-state index in [0.29, 0.717) is 23.3 Å². The average Bonchev–Trinajstić information content (AvgIpc) is 3.10. The van der Waals surface area contributed by atoms with Crippen LogP contribution in [-0.4, -0.2) is 33.7 Å². The summed E-state index contributed by atoms with van der Waals surface area (Å²) in [6, 6.07) is 26.9. The summed E-state index contributed by atoms with van der Waals surface area (Å²) in [5.41, 5.74) is 2.87. The lowest BCUT2D eigenvalue weighted by molar-refractivity contribution is -0.129. The summed E-state index contributed by atoms with van der Waals surface area (Å²) in [4.78, 5) is 32.1. The molecule has 3 aromatic carbocycles. The highest BCUT2D eigenvalue weighted by Gasteiger charge is 2.39. The van der Waals surface area contributed by atoms with Crippen molar-refractivity contribution in [1.82, 2.24) is 10.2 Å². The Balaban J connectivity index is 1.43. The standard InChI is InChI=1S/C26H24ClN3O2S/c27-21-13-11-20(12-14-21)18-30-25(32)23(33-26(30)29-22-9-5-2-6-10-22)17-24(31)28-16-15-19-7-3-1-4-8-19/h1-14,23H,15-18H2,(H,28,31)/t23-/m1/s1. The van der Waals surface area contributed by atoms with Crippen molar-refractivity contribution in [3.8, 4) is 0 Å². The number of para-hydroxylation sites is 1. The van der Waals surface area contributed by atoms with Gasteiger partial charge in [-0.15, -0.1) is 0 Å². The molecule has 0 aliphatic carbocycles. The highest BCUT2D eigenvalue weighted by molar-refractivity contribution is 8.15. The SMILES string of the molecule is O=C(C[C@H]1SC(=Nc2ccccc2)N(Cc2ccc(Cl)cc2)C1=O)NCCc1ccccc1. The fourth-order valence-corrected chi connectivity index (χ4v) is 4.77. The normalized spacial score (nSPS) is 16.9. The number of amides is 2. The first-order chi connectivity index (χ1) is 16.1. The van der Waals surface area contributed by atoms with Gasteiger partial charge in [0.25, 0.3) is 0 Å². The third-order valence-corrected chi connectivity index (χ3v) is 6.63. The highest BCUT2D eigenvalue weighted by atomic mass is 35.5. The fourth-order valence-electron chi connectivity index (χ4n) is 3.49. The van der Waals surface area contributed by atoms with E-state index in [4.69, 9.17) is 11.6 Å². The number of nitrogens with zero attached hydrogens (tertiary/aromatic N) is 2.